The zero-order chi connectivity index (χ0) is 19.5. The van der Waals surface area contributed by atoms with E-state index in [0.29, 0.717) is 0 Å². The monoisotopic (exact) mass is 386 g/mol. The minimum atomic E-state index is -0.816. The lowest BCUT2D eigenvalue weighted by Gasteiger charge is -2.26. The molecular formula is C20H23FN4O3. The average molecular weight is 386 g/mol. The van der Waals surface area contributed by atoms with E-state index < -0.39 is 17.6 Å². The summed E-state index contributed by atoms with van der Waals surface area (Å²) in [4.78, 5) is 28.6. The standard InChI is InChI=1S/C20H23FN4O3/c21-15-11-13(7-8-18(15)28-14-3-1-4-14)23-19(26)20(27)24-16-5-2-6-17(16)25-10-9-22-12-25/h7-12,14,16-17H,1-6H2,(H,23,26)(H,24,27). The second kappa shape index (κ2) is 8.00. The van der Waals surface area contributed by atoms with E-state index in [1.165, 1.54) is 18.2 Å². The summed E-state index contributed by atoms with van der Waals surface area (Å²) in [5.74, 6) is -1.93. The van der Waals surface area contributed by atoms with Gasteiger partial charge in [0.05, 0.1) is 24.5 Å². The molecule has 2 saturated carbocycles. The van der Waals surface area contributed by atoms with Crippen molar-refractivity contribution in [3.63, 3.8) is 0 Å². The molecule has 28 heavy (non-hydrogen) atoms. The molecule has 2 N–H and O–H groups in total. The number of ether oxygens (including phenoxy) is 1. The van der Waals surface area contributed by atoms with E-state index in [-0.39, 0.29) is 29.6 Å². The molecule has 1 aromatic carbocycles. The van der Waals surface area contributed by atoms with Gasteiger partial charge in [-0.1, -0.05) is 0 Å². The van der Waals surface area contributed by atoms with Crippen molar-refractivity contribution >= 4 is 17.5 Å². The lowest BCUT2D eigenvalue weighted by molar-refractivity contribution is -0.136. The predicted octanol–water partition coefficient (Wildman–Crippen LogP) is 2.80. The Balaban J connectivity index is 1.34. The van der Waals surface area contributed by atoms with E-state index in [0.717, 1.165) is 38.5 Å². The number of nitrogens with one attached hydrogen (secondary N) is 2. The van der Waals surface area contributed by atoms with Gasteiger partial charge in [-0.25, -0.2) is 9.37 Å². The fraction of sp³-hybridized carbons (Fsp3) is 0.450. The fourth-order valence-corrected chi connectivity index (χ4v) is 3.70. The van der Waals surface area contributed by atoms with Gasteiger partial charge in [0.1, 0.15) is 0 Å². The highest BCUT2D eigenvalue weighted by Gasteiger charge is 2.31. The van der Waals surface area contributed by atoms with Gasteiger partial charge < -0.3 is 19.9 Å². The largest absolute Gasteiger partial charge is 0.487 e. The molecular weight excluding hydrogens is 363 g/mol. The first-order valence-electron chi connectivity index (χ1n) is 9.65. The SMILES string of the molecule is O=C(Nc1ccc(OC2CCC2)c(F)c1)C(=O)NC1CCCC1n1ccnc1. The molecule has 0 saturated heterocycles. The average Bonchev–Trinajstić information content (AvgIpc) is 3.30. The minimum absolute atomic E-state index is 0.0653. The Morgan fingerprint density at radius 3 is 2.64 bits per heavy atom. The number of anilines is 1. The van der Waals surface area contributed by atoms with Crippen LogP contribution in [-0.2, 0) is 9.59 Å². The smallest absolute Gasteiger partial charge is 0.313 e. The van der Waals surface area contributed by atoms with E-state index in [4.69, 9.17) is 4.74 Å². The molecule has 0 radical (unpaired) electrons. The van der Waals surface area contributed by atoms with Gasteiger partial charge in [-0.15, -0.1) is 0 Å². The molecule has 2 aliphatic rings. The molecule has 1 heterocycles. The van der Waals surface area contributed by atoms with Gasteiger partial charge in [0.15, 0.2) is 11.6 Å². The highest BCUT2D eigenvalue weighted by molar-refractivity contribution is 6.39. The van der Waals surface area contributed by atoms with Crippen LogP contribution in [0.15, 0.2) is 36.9 Å². The van der Waals surface area contributed by atoms with Gasteiger partial charge in [-0.3, -0.25) is 9.59 Å². The van der Waals surface area contributed by atoms with Crippen molar-refractivity contribution in [2.24, 2.45) is 0 Å². The molecule has 0 bridgehead atoms. The molecule has 0 spiro atoms. The summed E-state index contributed by atoms with van der Waals surface area (Å²) >= 11 is 0. The Morgan fingerprint density at radius 2 is 1.96 bits per heavy atom. The number of benzene rings is 1. The van der Waals surface area contributed by atoms with Gasteiger partial charge >= 0.3 is 11.8 Å². The second-order valence-corrected chi connectivity index (χ2v) is 7.36. The van der Waals surface area contributed by atoms with Crippen LogP contribution in [0.5, 0.6) is 5.75 Å². The van der Waals surface area contributed by atoms with Crippen LogP contribution in [0.2, 0.25) is 0 Å². The van der Waals surface area contributed by atoms with Crippen LogP contribution >= 0.6 is 0 Å². The summed E-state index contributed by atoms with van der Waals surface area (Å²) in [7, 11) is 0. The maximum atomic E-state index is 14.2. The summed E-state index contributed by atoms with van der Waals surface area (Å²) in [6.07, 6.45) is 10.9. The molecule has 2 aromatic rings. The summed E-state index contributed by atoms with van der Waals surface area (Å²) in [6, 6.07) is 4.13. The Hall–Kier alpha value is -2.90. The minimum Gasteiger partial charge on any atom is -0.487 e. The van der Waals surface area contributed by atoms with E-state index in [9.17, 15) is 14.0 Å². The van der Waals surface area contributed by atoms with E-state index >= 15 is 0 Å². The van der Waals surface area contributed by atoms with E-state index in [1.807, 2.05) is 10.8 Å². The maximum Gasteiger partial charge on any atom is 0.313 e. The molecule has 4 rings (SSSR count). The van der Waals surface area contributed by atoms with Gasteiger partial charge in [-0.2, -0.15) is 0 Å². The number of carbonyl (C=O) groups excluding carboxylic acids is 2. The number of hydrogen-bond donors (Lipinski definition) is 2. The third kappa shape index (κ3) is 4.00. The topological polar surface area (TPSA) is 85.2 Å². The van der Waals surface area contributed by atoms with Crippen LogP contribution in [0.4, 0.5) is 10.1 Å². The lowest BCUT2D eigenvalue weighted by atomic mass is 9.96. The quantitative estimate of drug-likeness (QED) is 0.774. The van der Waals surface area contributed by atoms with Crippen LogP contribution in [0.3, 0.4) is 0 Å². The third-order valence-corrected chi connectivity index (χ3v) is 5.45. The van der Waals surface area contributed by atoms with E-state index in [1.54, 1.807) is 12.5 Å². The Kier molecular flexibility index (Phi) is 5.27. The number of hydrogen-bond acceptors (Lipinski definition) is 4. The number of imidazole rings is 1. The third-order valence-electron chi connectivity index (χ3n) is 5.45. The summed E-state index contributed by atoms with van der Waals surface area (Å²) in [5.41, 5.74) is 0.219. The van der Waals surface area contributed by atoms with E-state index in [2.05, 4.69) is 15.6 Å². The molecule has 2 aliphatic carbocycles. The van der Waals surface area contributed by atoms with Gasteiger partial charge in [0.2, 0.25) is 0 Å². The van der Waals surface area contributed by atoms with Gasteiger partial charge in [-0.05, 0) is 50.7 Å². The van der Waals surface area contributed by atoms with Gasteiger partial charge in [0.25, 0.3) is 0 Å². The number of halogens is 1. The van der Waals surface area contributed by atoms with Crippen LogP contribution in [0, 0.1) is 5.82 Å². The number of rotatable bonds is 5. The first-order chi connectivity index (χ1) is 13.6. The number of amides is 2. The highest BCUT2D eigenvalue weighted by Crippen LogP contribution is 2.30. The summed E-state index contributed by atoms with van der Waals surface area (Å²) in [5, 5.41) is 5.24. The van der Waals surface area contributed by atoms with Crippen molar-refractivity contribution in [3.05, 3.63) is 42.7 Å². The molecule has 7 nitrogen and oxygen atoms in total. The molecule has 8 heteroatoms. The van der Waals surface area contributed by atoms with Crippen molar-refractivity contribution in [3.8, 4) is 5.75 Å². The van der Waals surface area contributed by atoms with Crippen LogP contribution in [0.25, 0.3) is 0 Å². The first kappa shape index (κ1) is 18.5. The number of nitrogens with zero attached hydrogens (tertiary/aromatic N) is 2. The molecule has 148 valence electrons. The predicted molar refractivity (Wildman–Crippen MR) is 100 cm³/mol. The van der Waals surface area contributed by atoms with Crippen molar-refractivity contribution in [2.75, 3.05) is 5.32 Å². The fourth-order valence-electron chi connectivity index (χ4n) is 3.70. The molecule has 2 fully saturated rings. The maximum absolute atomic E-state index is 14.2. The molecule has 2 amide bonds. The second-order valence-electron chi connectivity index (χ2n) is 7.36. The van der Waals surface area contributed by atoms with Crippen LogP contribution in [0.1, 0.15) is 44.6 Å². The van der Waals surface area contributed by atoms with Crippen molar-refractivity contribution < 1.29 is 18.7 Å². The zero-order valence-corrected chi connectivity index (χ0v) is 15.4. The van der Waals surface area contributed by atoms with Crippen molar-refractivity contribution in [2.45, 2.75) is 56.7 Å². The lowest BCUT2D eigenvalue weighted by Crippen LogP contribution is -2.43. The normalized spacial score (nSPS) is 21.8. The molecule has 2 unspecified atom stereocenters. The number of aromatic nitrogens is 2. The Morgan fingerprint density at radius 1 is 1.14 bits per heavy atom. The van der Waals surface area contributed by atoms with Gasteiger partial charge in [0, 0.05) is 24.1 Å². The Bertz CT molecular complexity index is 851. The molecule has 2 atom stereocenters. The zero-order valence-electron chi connectivity index (χ0n) is 15.4. The first-order valence-corrected chi connectivity index (χ1v) is 9.65. The summed E-state index contributed by atoms with van der Waals surface area (Å²) in [6.45, 7) is 0. The number of carbonyl (C=O) groups is 2. The summed E-state index contributed by atoms with van der Waals surface area (Å²) < 4.78 is 21.7. The van der Waals surface area contributed by atoms with Crippen LogP contribution < -0.4 is 15.4 Å². The Labute approximate surface area is 162 Å². The van der Waals surface area contributed by atoms with Crippen molar-refractivity contribution in [1.29, 1.82) is 0 Å². The molecule has 1 aromatic heterocycles. The van der Waals surface area contributed by atoms with Crippen LogP contribution in [-0.4, -0.2) is 33.5 Å². The highest BCUT2D eigenvalue weighted by atomic mass is 19.1. The van der Waals surface area contributed by atoms with Crippen molar-refractivity contribution in [1.82, 2.24) is 14.9 Å². The molecule has 0 aliphatic heterocycles.